The van der Waals surface area contributed by atoms with Crippen molar-refractivity contribution in [3.63, 3.8) is 0 Å². The van der Waals surface area contributed by atoms with Gasteiger partial charge in [-0.1, -0.05) is 23.7 Å². The van der Waals surface area contributed by atoms with Crippen LogP contribution in [-0.2, 0) is 9.47 Å². The highest BCUT2D eigenvalue weighted by atomic mass is 35.5. The van der Waals surface area contributed by atoms with Crippen LogP contribution in [0.3, 0.4) is 0 Å². The van der Waals surface area contributed by atoms with Crippen molar-refractivity contribution in [2.45, 2.75) is 25.0 Å². The van der Waals surface area contributed by atoms with Gasteiger partial charge in [0.1, 0.15) is 6.61 Å². The second-order valence-electron chi connectivity index (χ2n) is 4.29. The first-order valence-electron chi connectivity index (χ1n) is 5.93. The van der Waals surface area contributed by atoms with Gasteiger partial charge in [-0.2, -0.15) is 0 Å². The quantitative estimate of drug-likeness (QED) is 0.893. The third kappa shape index (κ3) is 3.37. The van der Waals surface area contributed by atoms with Gasteiger partial charge in [0.25, 0.3) is 6.02 Å². The molecule has 0 bridgehead atoms. The van der Waals surface area contributed by atoms with Gasteiger partial charge in [0.15, 0.2) is 0 Å². The number of ether oxygens (including phenoxy) is 2. The van der Waals surface area contributed by atoms with E-state index in [0.29, 0.717) is 12.6 Å². The normalized spacial score (nSPS) is 20.3. The molecular formula is C13H17ClN2O2. The maximum atomic E-state index is 5.87. The lowest BCUT2D eigenvalue weighted by molar-refractivity contribution is 0.0911. The van der Waals surface area contributed by atoms with E-state index in [9.17, 15) is 0 Å². The predicted molar refractivity (Wildman–Crippen MR) is 71.8 cm³/mol. The summed E-state index contributed by atoms with van der Waals surface area (Å²) in [6, 6.07) is 8.16. The number of hydrogen-bond acceptors (Lipinski definition) is 4. The van der Waals surface area contributed by atoms with E-state index in [1.807, 2.05) is 24.3 Å². The van der Waals surface area contributed by atoms with Gasteiger partial charge in [-0.3, -0.25) is 0 Å². The molecule has 1 aromatic rings. The van der Waals surface area contributed by atoms with Crippen molar-refractivity contribution in [1.29, 1.82) is 0 Å². The summed E-state index contributed by atoms with van der Waals surface area (Å²) in [4.78, 5) is 4.20. The van der Waals surface area contributed by atoms with Gasteiger partial charge < -0.3 is 15.2 Å². The Kier molecular flexibility index (Phi) is 4.44. The number of nitrogens with two attached hydrogens (primary N) is 1. The fourth-order valence-corrected chi connectivity index (χ4v) is 2.15. The molecule has 5 heteroatoms. The maximum absolute atomic E-state index is 5.87. The summed E-state index contributed by atoms with van der Waals surface area (Å²) in [7, 11) is 1.71. The van der Waals surface area contributed by atoms with Crippen LogP contribution < -0.4 is 5.73 Å². The Hall–Kier alpha value is -1.26. The van der Waals surface area contributed by atoms with Crippen molar-refractivity contribution >= 4 is 17.6 Å². The average Bonchev–Trinajstić information content (AvgIpc) is 2.78. The molecule has 0 aromatic heterocycles. The number of aliphatic imine (C=N–C) groups is 1. The molecule has 0 spiro atoms. The van der Waals surface area contributed by atoms with Gasteiger partial charge in [0, 0.05) is 12.1 Å². The first kappa shape index (κ1) is 13.2. The number of rotatable bonds is 5. The zero-order valence-corrected chi connectivity index (χ0v) is 11.1. The Bertz CT molecular complexity index is 420. The third-order valence-electron chi connectivity index (χ3n) is 3.02. The van der Waals surface area contributed by atoms with E-state index in [0.717, 1.165) is 23.4 Å². The number of nitrogens with zero attached hydrogens (tertiary/aromatic N) is 1. The highest BCUT2D eigenvalue weighted by Crippen LogP contribution is 2.25. The number of halogens is 1. The minimum absolute atomic E-state index is 0.0549. The first-order valence-corrected chi connectivity index (χ1v) is 6.31. The smallest absolute Gasteiger partial charge is 0.282 e. The predicted octanol–water partition coefficient (Wildman–Crippen LogP) is 2.52. The Labute approximate surface area is 112 Å². The minimum atomic E-state index is 0.0549. The van der Waals surface area contributed by atoms with Crippen molar-refractivity contribution < 1.29 is 9.47 Å². The lowest BCUT2D eigenvalue weighted by Gasteiger charge is -2.16. The molecule has 1 aliphatic heterocycles. The highest BCUT2D eigenvalue weighted by Gasteiger charge is 2.19. The fourth-order valence-electron chi connectivity index (χ4n) is 2.03. The average molecular weight is 269 g/mol. The first-order chi connectivity index (χ1) is 8.69. The van der Waals surface area contributed by atoms with E-state index in [1.165, 1.54) is 0 Å². The molecule has 98 valence electrons. The lowest BCUT2D eigenvalue weighted by atomic mass is 10.0. The molecule has 0 radical (unpaired) electrons. The molecule has 2 rings (SSSR count). The van der Waals surface area contributed by atoms with Gasteiger partial charge in [0.05, 0.1) is 12.1 Å². The van der Waals surface area contributed by atoms with E-state index in [2.05, 4.69) is 4.99 Å². The van der Waals surface area contributed by atoms with Crippen LogP contribution in [0.25, 0.3) is 0 Å². The molecule has 2 atom stereocenters. The van der Waals surface area contributed by atoms with Crippen LogP contribution in [0.1, 0.15) is 24.5 Å². The summed E-state index contributed by atoms with van der Waals surface area (Å²) in [5.41, 5.74) is 6.60. The third-order valence-corrected chi connectivity index (χ3v) is 3.27. The van der Waals surface area contributed by atoms with Crippen molar-refractivity contribution in [3.05, 3.63) is 34.9 Å². The monoisotopic (exact) mass is 268 g/mol. The van der Waals surface area contributed by atoms with E-state index in [4.69, 9.17) is 26.8 Å². The van der Waals surface area contributed by atoms with E-state index in [-0.39, 0.29) is 12.1 Å². The fraction of sp³-hybridized carbons (Fsp3) is 0.462. The van der Waals surface area contributed by atoms with Crippen LogP contribution in [0.5, 0.6) is 0 Å². The number of methoxy groups -OCH3 is 1. The molecule has 0 fully saturated rings. The topological polar surface area (TPSA) is 56.8 Å². The molecule has 0 saturated carbocycles. The minimum Gasteiger partial charge on any atom is -0.463 e. The van der Waals surface area contributed by atoms with Crippen molar-refractivity contribution in [2.24, 2.45) is 10.7 Å². The van der Waals surface area contributed by atoms with Crippen LogP contribution in [-0.4, -0.2) is 25.8 Å². The standard InChI is InChI=1S/C13H17ClN2O2/c1-17-12(9-2-4-10(14)5-3-9)7-6-11-8-18-13(15)16-11/h2-5,11-12H,6-8H2,1H3,(H2,15,16)/t11-,12+/m0/s1. The van der Waals surface area contributed by atoms with Gasteiger partial charge in [0.2, 0.25) is 0 Å². The highest BCUT2D eigenvalue weighted by molar-refractivity contribution is 6.30. The molecule has 1 aromatic carbocycles. The summed E-state index contributed by atoms with van der Waals surface area (Å²) in [5, 5.41) is 0.732. The summed E-state index contributed by atoms with van der Waals surface area (Å²) < 4.78 is 10.6. The number of hydrogen-bond donors (Lipinski definition) is 1. The number of benzene rings is 1. The largest absolute Gasteiger partial charge is 0.463 e. The maximum Gasteiger partial charge on any atom is 0.282 e. The zero-order valence-electron chi connectivity index (χ0n) is 10.3. The van der Waals surface area contributed by atoms with Gasteiger partial charge in [-0.15, -0.1) is 0 Å². The number of amidine groups is 1. The van der Waals surface area contributed by atoms with E-state index >= 15 is 0 Å². The summed E-state index contributed by atoms with van der Waals surface area (Å²) >= 11 is 5.87. The molecule has 0 amide bonds. The van der Waals surface area contributed by atoms with Gasteiger partial charge in [-0.05, 0) is 30.5 Å². The molecule has 1 aliphatic rings. The van der Waals surface area contributed by atoms with Crippen LogP contribution in [0, 0.1) is 0 Å². The van der Waals surface area contributed by atoms with Crippen LogP contribution >= 0.6 is 11.6 Å². The van der Waals surface area contributed by atoms with Crippen LogP contribution in [0.15, 0.2) is 29.3 Å². The van der Waals surface area contributed by atoms with Gasteiger partial charge in [-0.25, -0.2) is 4.99 Å². The molecule has 0 unspecified atom stereocenters. The molecule has 0 aliphatic carbocycles. The van der Waals surface area contributed by atoms with E-state index < -0.39 is 0 Å². The Morgan fingerprint density at radius 1 is 1.50 bits per heavy atom. The Morgan fingerprint density at radius 3 is 2.78 bits per heavy atom. The molecule has 0 saturated heterocycles. The second-order valence-corrected chi connectivity index (χ2v) is 4.72. The summed E-state index contributed by atoms with van der Waals surface area (Å²) in [5.74, 6) is 0. The van der Waals surface area contributed by atoms with Crippen LogP contribution in [0.4, 0.5) is 0 Å². The Balaban J connectivity index is 1.91. The summed E-state index contributed by atoms with van der Waals surface area (Å²) in [6.45, 7) is 0.572. The molecule has 18 heavy (non-hydrogen) atoms. The van der Waals surface area contributed by atoms with E-state index in [1.54, 1.807) is 7.11 Å². The molecule has 1 heterocycles. The second kappa shape index (κ2) is 6.07. The molecular weight excluding hydrogens is 252 g/mol. The molecule has 2 N–H and O–H groups in total. The lowest BCUT2D eigenvalue weighted by Crippen LogP contribution is -2.11. The van der Waals surface area contributed by atoms with Crippen LogP contribution in [0.2, 0.25) is 5.02 Å². The Morgan fingerprint density at radius 2 is 2.22 bits per heavy atom. The SMILES string of the molecule is CO[C@H](CC[C@H]1COC(N)=N1)c1ccc(Cl)cc1. The zero-order chi connectivity index (χ0) is 13.0. The molecule has 4 nitrogen and oxygen atoms in total. The van der Waals surface area contributed by atoms with Crippen molar-refractivity contribution in [1.82, 2.24) is 0 Å². The van der Waals surface area contributed by atoms with Crippen molar-refractivity contribution in [2.75, 3.05) is 13.7 Å². The van der Waals surface area contributed by atoms with Gasteiger partial charge >= 0.3 is 0 Å². The van der Waals surface area contributed by atoms with Crippen molar-refractivity contribution in [3.8, 4) is 0 Å². The summed E-state index contributed by atoms with van der Waals surface area (Å²) in [6.07, 6.45) is 1.82.